The van der Waals surface area contributed by atoms with Crippen molar-refractivity contribution in [2.45, 2.75) is 53.6 Å². The molecule has 0 amide bonds. The molecule has 0 aliphatic rings. The van der Waals surface area contributed by atoms with Crippen molar-refractivity contribution in [3.8, 4) is 28.7 Å². The molecule has 0 heterocycles. The van der Waals surface area contributed by atoms with Gasteiger partial charge in [-0.2, -0.15) is 13.2 Å². The zero-order valence-electron chi connectivity index (χ0n) is 23.6. The Hall–Kier alpha value is -4.46. The van der Waals surface area contributed by atoms with E-state index >= 15 is 0 Å². The first-order valence-corrected chi connectivity index (χ1v) is 13.0. The van der Waals surface area contributed by atoms with E-state index in [-0.39, 0.29) is 17.9 Å². The number of hydrogen-bond acceptors (Lipinski definition) is 4. The molecular formula is C33H33F3O5. The first-order chi connectivity index (χ1) is 19.3. The lowest BCUT2D eigenvalue weighted by Crippen LogP contribution is -2.06. The van der Waals surface area contributed by atoms with Gasteiger partial charge in [0.05, 0.1) is 5.56 Å². The summed E-state index contributed by atoms with van der Waals surface area (Å²) in [7, 11) is 0. The number of alkyl halides is 3. The average Bonchev–Trinajstić information content (AvgIpc) is 2.86. The lowest BCUT2D eigenvalue weighted by Gasteiger charge is -2.16. The number of rotatable bonds is 11. The van der Waals surface area contributed by atoms with Crippen molar-refractivity contribution < 1.29 is 37.3 Å². The number of carboxylic acids is 1. The van der Waals surface area contributed by atoms with Gasteiger partial charge in [0, 0.05) is 12.5 Å². The number of carbonyl (C=O) groups is 1. The van der Waals surface area contributed by atoms with Crippen LogP contribution < -0.4 is 14.2 Å². The van der Waals surface area contributed by atoms with Crippen LogP contribution in [0.15, 0.2) is 90.2 Å². The number of benzene rings is 3. The van der Waals surface area contributed by atoms with E-state index in [0.717, 1.165) is 34.4 Å². The molecular weight excluding hydrogens is 533 g/mol. The monoisotopic (exact) mass is 566 g/mol. The maximum atomic E-state index is 13.5. The largest absolute Gasteiger partial charge is 0.481 e. The lowest BCUT2D eigenvalue weighted by atomic mass is 10.0. The standard InChI is InChI=1S/C33H33F3O5/c1-21(2)8-6-7-9-24(5)39-31-19-26(33(34,35)36)12-14-30(31)41-29-17-22(3)16-28(20-29)40-27-13-10-25(23(4)18-27)11-15-32(37)38/h6-10,12-14,16-20H,11,15H2,1-5H3,(H,37,38)/b7-6-,24-9+. The number of halogens is 3. The van der Waals surface area contributed by atoms with Crippen LogP contribution in [0.2, 0.25) is 0 Å². The normalized spacial score (nSPS) is 11.9. The smallest absolute Gasteiger partial charge is 0.416 e. The van der Waals surface area contributed by atoms with Crippen molar-refractivity contribution in [1.29, 1.82) is 0 Å². The number of aryl methyl sites for hydroxylation is 3. The van der Waals surface area contributed by atoms with Crippen LogP contribution in [0.25, 0.3) is 0 Å². The molecule has 0 radical (unpaired) electrons. The van der Waals surface area contributed by atoms with Gasteiger partial charge in [0.25, 0.3) is 0 Å². The summed E-state index contributed by atoms with van der Waals surface area (Å²) in [5.41, 5.74) is 2.87. The maximum Gasteiger partial charge on any atom is 0.416 e. The van der Waals surface area contributed by atoms with Crippen molar-refractivity contribution in [2.75, 3.05) is 0 Å². The first kappa shape index (κ1) is 31.1. The summed E-state index contributed by atoms with van der Waals surface area (Å²) >= 11 is 0. The minimum Gasteiger partial charge on any atom is -0.481 e. The van der Waals surface area contributed by atoms with E-state index in [1.54, 1.807) is 43.3 Å². The molecule has 0 saturated carbocycles. The van der Waals surface area contributed by atoms with Crippen LogP contribution in [0.1, 0.15) is 49.4 Å². The second-order valence-corrected chi connectivity index (χ2v) is 9.84. The summed E-state index contributed by atoms with van der Waals surface area (Å²) in [6.45, 7) is 9.27. The SMILES string of the molecule is CC(C)=C/C=C\C=C(/C)Oc1cc(C(F)(F)F)ccc1Oc1cc(C)cc(Oc2ccc(CCC(=O)O)c(C)c2)c1. The van der Waals surface area contributed by atoms with Crippen molar-refractivity contribution in [3.63, 3.8) is 0 Å². The highest BCUT2D eigenvalue weighted by atomic mass is 19.4. The zero-order chi connectivity index (χ0) is 30.2. The Labute approximate surface area is 238 Å². The van der Waals surface area contributed by atoms with Crippen LogP contribution in [0.5, 0.6) is 28.7 Å². The van der Waals surface area contributed by atoms with Crippen molar-refractivity contribution in [1.82, 2.24) is 0 Å². The van der Waals surface area contributed by atoms with Crippen LogP contribution in [-0.4, -0.2) is 11.1 Å². The first-order valence-electron chi connectivity index (χ1n) is 13.0. The fraction of sp³-hybridized carbons (Fsp3) is 0.242. The van der Waals surface area contributed by atoms with E-state index in [2.05, 4.69) is 0 Å². The highest BCUT2D eigenvalue weighted by molar-refractivity contribution is 5.67. The molecule has 3 rings (SSSR count). The van der Waals surface area contributed by atoms with Gasteiger partial charge in [0.15, 0.2) is 11.5 Å². The second-order valence-electron chi connectivity index (χ2n) is 9.84. The molecule has 0 saturated heterocycles. The summed E-state index contributed by atoms with van der Waals surface area (Å²) in [5.74, 6) is 0.912. The minimum absolute atomic E-state index is 0.0389. The summed E-state index contributed by atoms with van der Waals surface area (Å²) in [5, 5.41) is 8.94. The van der Waals surface area contributed by atoms with Gasteiger partial charge in [0.2, 0.25) is 0 Å². The van der Waals surface area contributed by atoms with Crippen molar-refractivity contribution >= 4 is 5.97 Å². The zero-order valence-corrected chi connectivity index (χ0v) is 23.6. The lowest BCUT2D eigenvalue weighted by molar-refractivity contribution is -0.138. The Kier molecular flexibility index (Phi) is 10.4. The van der Waals surface area contributed by atoms with Crippen LogP contribution >= 0.6 is 0 Å². The van der Waals surface area contributed by atoms with Gasteiger partial charge in [-0.3, -0.25) is 4.79 Å². The number of ether oxygens (including phenoxy) is 3. The van der Waals surface area contributed by atoms with Crippen molar-refractivity contribution in [3.05, 3.63) is 112 Å². The third-order valence-corrected chi connectivity index (χ3v) is 5.82. The summed E-state index contributed by atoms with van der Waals surface area (Å²) < 4.78 is 58.2. The summed E-state index contributed by atoms with van der Waals surface area (Å²) in [4.78, 5) is 10.9. The molecule has 216 valence electrons. The van der Waals surface area contributed by atoms with Gasteiger partial charge >= 0.3 is 12.1 Å². The van der Waals surface area contributed by atoms with Crippen LogP contribution in [0.4, 0.5) is 13.2 Å². The highest BCUT2D eigenvalue weighted by Gasteiger charge is 2.31. The Bertz CT molecular complexity index is 1480. The van der Waals surface area contributed by atoms with Crippen molar-refractivity contribution in [2.24, 2.45) is 0 Å². The molecule has 0 aromatic heterocycles. The Balaban J connectivity index is 1.86. The van der Waals surface area contributed by atoms with Gasteiger partial charge in [-0.05, 0) is 106 Å². The molecule has 0 bridgehead atoms. The Morgan fingerprint density at radius 3 is 2.15 bits per heavy atom. The molecule has 41 heavy (non-hydrogen) atoms. The molecule has 0 aliphatic carbocycles. The molecule has 0 atom stereocenters. The maximum absolute atomic E-state index is 13.5. The molecule has 3 aromatic rings. The quantitative estimate of drug-likeness (QED) is 0.185. The van der Waals surface area contributed by atoms with E-state index in [4.69, 9.17) is 19.3 Å². The summed E-state index contributed by atoms with van der Waals surface area (Å²) in [6.07, 6.45) is 3.00. The van der Waals surface area contributed by atoms with E-state index in [0.29, 0.717) is 29.4 Å². The molecule has 5 nitrogen and oxygen atoms in total. The topological polar surface area (TPSA) is 65.0 Å². The Morgan fingerprint density at radius 1 is 0.829 bits per heavy atom. The fourth-order valence-corrected chi connectivity index (χ4v) is 3.84. The van der Waals surface area contributed by atoms with E-state index in [1.807, 2.05) is 52.0 Å². The number of allylic oxidation sites excluding steroid dienone is 6. The molecule has 3 aromatic carbocycles. The van der Waals surface area contributed by atoms with Gasteiger partial charge in [0.1, 0.15) is 23.0 Å². The van der Waals surface area contributed by atoms with Gasteiger partial charge in [-0.15, -0.1) is 0 Å². The van der Waals surface area contributed by atoms with Gasteiger partial charge < -0.3 is 19.3 Å². The van der Waals surface area contributed by atoms with Crippen LogP contribution in [0.3, 0.4) is 0 Å². The number of hydrogen-bond donors (Lipinski definition) is 1. The second kappa shape index (κ2) is 13.7. The van der Waals surface area contributed by atoms with E-state index in [9.17, 15) is 18.0 Å². The average molecular weight is 567 g/mol. The van der Waals surface area contributed by atoms with Crippen LogP contribution in [-0.2, 0) is 17.4 Å². The fourth-order valence-electron chi connectivity index (χ4n) is 3.84. The van der Waals surface area contributed by atoms with Crippen LogP contribution in [0, 0.1) is 13.8 Å². The molecule has 1 N–H and O–H groups in total. The molecule has 0 fully saturated rings. The van der Waals surface area contributed by atoms with E-state index in [1.165, 1.54) is 6.07 Å². The predicted molar refractivity (Wildman–Crippen MR) is 153 cm³/mol. The Morgan fingerprint density at radius 2 is 1.51 bits per heavy atom. The minimum atomic E-state index is -4.55. The number of carboxylic acid groups (broad SMARTS) is 1. The van der Waals surface area contributed by atoms with Gasteiger partial charge in [-0.1, -0.05) is 29.9 Å². The predicted octanol–water partition coefficient (Wildman–Crippen LogP) is 9.73. The third-order valence-electron chi connectivity index (χ3n) is 5.82. The summed E-state index contributed by atoms with van der Waals surface area (Å²) in [6, 6.07) is 13.7. The number of aliphatic carboxylic acids is 1. The third kappa shape index (κ3) is 9.90. The molecule has 0 aliphatic heterocycles. The van der Waals surface area contributed by atoms with E-state index < -0.39 is 17.7 Å². The molecule has 0 spiro atoms. The molecule has 8 heteroatoms. The highest BCUT2D eigenvalue weighted by Crippen LogP contribution is 2.40. The molecule has 0 unspecified atom stereocenters. The van der Waals surface area contributed by atoms with Gasteiger partial charge in [-0.25, -0.2) is 0 Å².